The van der Waals surface area contributed by atoms with E-state index < -0.39 is 0 Å². The van der Waals surface area contributed by atoms with E-state index >= 15 is 0 Å². The van der Waals surface area contributed by atoms with Gasteiger partial charge in [0.25, 0.3) is 5.91 Å². The molecule has 1 unspecified atom stereocenters. The summed E-state index contributed by atoms with van der Waals surface area (Å²) in [5.74, 6) is -0.964. The Kier molecular flexibility index (Phi) is 2.93. The van der Waals surface area contributed by atoms with Crippen LogP contribution in [0.3, 0.4) is 0 Å². The molecular formula is C14H15N3O3. The number of amides is 3. The molecule has 2 heterocycles. The van der Waals surface area contributed by atoms with Crippen molar-refractivity contribution in [3.8, 4) is 0 Å². The summed E-state index contributed by atoms with van der Waals surface area (Å²) in [5.41, 5.74) is 7.90. The summed E-state index contributed by atoms with van der Waals surface area (Å²) in [4.78, 5) is 36.8. The molecule has 2 aliphatic rings. The normalized spacial score (nSPS) is 21.9. The van der Waals surface area contributed by atoms with Gasteiger partial charge in [-0.2, -0.15) is 0 Å². The summed E-state index contributed by atoms with van der Waals surface area (Å²) in [7, 11) is 0. The summed E-state index contributed by atoms with van der Waals surface area (Å²) in [6, 6.07) is 5.27. The summed E-state index contributed by atoms with van der Waals surface area (Å²) < 4.78 is 0. The van der Waals surface area contributed by atoms with Crippen molar-refractivity contribution in [2.24, 2.45) is 5.92 Å². The first-order valence-electron chi connectivity index (χ1n) is 6.56. The van der Waals surface area contributed by atoms with Crippen LogP contribution in [-0.2, 0) is 16.1 Å². The Morgan fingerprint density at radius 1 is 1.30 bits per heavy atom. The number of nitrogens with one attached hydrogen (secondary N) is 1. The van der Waals surface area contributed by atoms with Gasteiger partial charge in [-0.05, 0) is 18.6 Å². The molecule has 6 heteroatoms. The van der Waals surface area contributed by atoms with Crippen LogP contribution in [0.15, 0.2) is 18.2 Å². The lowest BCUT2D eigenvalue weighted by Gasteiger charge is -2.25. The third kappa shape index (κ3) is 2.03. The van der Waals surface area contributed by atoms with Gasteiger partial charge in [-0.15, -0.1) is 0 Å². The average Bonchev–Trinajstić information content (AvgIpc) is 2.72. The van der Waals surface area contributed by atoms with Crippen LogP contribution in [0.4, 0.5) is 5.69 Å². The lowest BCUT2D eigenvalue weighted by atomic mass is 9.97. The van der Waals surface area contributed by atoms with Gasteiger partial charge in [0.2, 0.25) is 11.8 Å². The number of nitrogens with two attached hydrogens (primary N) is 1. The van der Waals surface area contributed by atoms with E-state index in [-0.39, 0.29) is 23.6 Å². The van der Waals surface area contributed by atoms with Gasteiger partial charge in [-0.1, -0.05) is 6.07 Å². The molecule has 20 heavy (non-hydrogen) atoms. The second-order valence-electron chi connectivity index (χ2n) is 5.21. The third-order valence-electron chi connectivity index (χ3n) is 3.87. The van der Waals surface area contributed by atoms with Crippen LogP contribution in [0.2, 0.25) is 0 Å². The maximum atomic E-state index is 12.3. The Morgan fingerprint density at radius 2 is 2.10 bits per heavy atom. The van der Waals surface area contributed by atoms with Gasteiger partial charge in [0.15, 0.2) is 0 Å². The zero-order valence-corrected chi connectivity index (χ0v) is 10.9. The number of benzene rings is 1. The highest BCUT2D eigenvalue weighted by molar-refractivity contribution is 6.01. The molecule has 0 radical (unpaired) electrons. The molecule has 0 spiro atoms. The minimum Gasteiger partial charge on any atom is -0.398 e. The summed E-state index contributed by atoms with van der Waals surface area (Å²) in [6.45, 7) is 0.755. The highest BCUT2D eigenvalue weighted by Gasteiger charge is 2.34. The number of anilines is 1. The summed E-state index contributed by atoms with van der Waals surface area (Å²) >= 11 is 0. The van der Waals surface area contributed by atoms with Crippen LogP contribution in [0, 0.1) is 5.92 Å². The molecule has 0 saturated carbocycles. The highest BCUT2D eigenvalue weighted by atomic mass is 16.2. The van der Waals surface area contributed by atoms with Crippen LogP contribution in [0.1, 0.15) is 28.8 Å². The second-order valence-corrected chi connectivity index (χ2v) is 5.21. The zero-order chi connectivity index (χ0) is 14.3. The predicted molar refractivity (Wildman–Crippen MR) is 71.5 cm³/mol. The largest absolute Gasteiger partial charge is 0.398 e. The third-order valence-corrected chi connectivity index (χ3v) is 3.87. The lowest BCUT2D eigenvalue weighted by Crippen LogP contribution is -2.45. The molecule has 1 fully saturated rings. The quantitative estimate of drug-likeness (QED) is 0.598. The number of carbonyl (C=O) groups is 3. The first kappa shape index (κ1) is 12.7. The van der Waals surface area contributed by atoms with Gasteiger partial charge in [0.1, 0.15) is 0 Å². The average molecular weight is 273 g/mol. The topological polar surface area (TPSA) is 92.5 Å². The number of piperidine rings is 1. The maximum absolute atomic E-state index is 12.3. The van der Waals surface area contributed by atoms with Crippen LogP contribution >= 0.6 is 0 Å². The van der Waals surface area contributed by atoms with Crippen molar-refractivity contribution in [1.29, 1.82) is 0 Å². The van der Waals surface area contributed by atoms with Gasteiger partial charge in [0.05, 0.1) is 5.92 Å². The summed E-state index contributed by atoms with van der Waals surface area (Å²) in [5, 5.41) is 2.31. The molecule has 3 N–H and O–H groups in total. The molecule has 1 aromatic rings. The van der Waals surface area contributed by atoms with Crippen molar-refractivity contribution >= 4 is 23.4 Å². The van der Waals surface area contributed by atoms with Crippen molar-refractivity contribution in [1.82, 2.24) is 10.2 Å². The molecular weight excluding hydrogens is 258 g/mol. The molecule has 2 aliphatic heterocycles. The van der Waals surface area contributed by atoms with Crippen molar-refractivity contribution in [3.63, 3.8) is 0 Å². The maximum Gasteiger partial charge on any atom is 0.254 e. The van der Waals surface area contributed by atoms with E-state index in [1.807, 2.05) is 0 Å². The molecule has 1 atom stereocenters. The van der Waals surface area contributed by atoms with Crippen LogP contribution in [0.5, 0.6) is 0 Å². The Bertz CT molecular complexity index is 612. The number of hydrogen-bond acceptors (Lipinski definition) is 4. The fourth-order valence-electron chi connectivity index (χ4n) is 2.74. The molecule has 0 aliphatic carbocycles. The molecule has 0 bridgehead atoms. The van der Waals surface area contributed by atoms with Crippen molar-refractivity contribution < 1.29 is 14.4 Å². The molecule has 0 aromatic heterocycles. The predicted octanol–water partition coefficient (Wildman–Crippen LogP) is 0.277. The number of nitrogen functional groups attached to an aromatic ring is 1. The molecule has 104 valence electrons. The number of nitrogens with zero attached hydrogens (tertiary/aromatic N) is 1. The van der Waals surface area contributed by atoms with Gasteiger partial charge in [-0.3, -0.25) is 19.7 Å². The molecule has 1 saturated heterocycles. The van der Waals surface area contributed by atoms with Gasteiger partial charge in [0, 0.05) is 36.3 Å². The fraction of sp³-hybridized carbons (Fsp3) is 0.357. The van der Waals surface area contributed by atoms with Crippen molar-refractivity contribution in [2.75, 3.05) is 12.3 Å². The van der Waals surface area contributed by atoms with Crippen molar-refractivity contribution in [2.45, 2.75) is 19.4 Å². The number of carbonyl (C=O) groups excluding carboxylic acids is 3. The monoisotopic (exact) mass is 273 g/mol. The minimum atomic E-state index is -0.327. The highest BCUT2D eigenvalue weighted by Crippen LogP contribution is 2.28. The number of imide groups is 1. The first-order valence-corrected chi connectivity index (χ1v) is 6.56. The molecule has 6 nitrogen and oxygen atoms in total. The van der Waals surface area contributed by atoms with Gasteiger partial charge >= 0.3 is 0 Å². The Labute approximate surface area is 115 Å². The fourth-order valence-corrected chi connectivity index (χ4v) is 2.74. The standard InChI is InChI=1S/C14H15N3O3/c15-11-3-1-2-9-10(11)7-17(14(9)20)6-8-4-5-12(18)16-13(8)19/h1-3,8H,4-7,15H2,(H,16,18,19). The Balaban J connectivity index is 1.75. The number of fused-ring (bicyclic) bond motifs is 1. The van der Waals surface area contributed by atoms with E-state index in [1.165, 1.54) is 0 Å². The van der Waals surface area contributed by atoms with Gasteiger partial charge < -0.3 is 10.6 Å². The van der Waals surface area contributed by atoms with E-state index in [2.05, 4.69) is 5.32 Å². The van der Waals surface area contributed by atoms with E-state index in [0.29, 0.717) is 37.2 Å². The number of rotatable bonds is 2. The zero-order valence-electron chi connectivity index (χ0n) is 10.9. The summed E-state index contributed by atoms with van der Waals surface area (Å²) in [6.07, 6.45) is 0.813. The van der Waals surface area contributed by atoms with E-state index in [4.69, 9.17) is 5.73 Å². The van der Waals surface area contributed by atoms with Crippen LogP contribution in [0.25, 0.3) is 0 Å². The van der Waals surface area contributed by atoms with E-state index in [9.17, 15) is 14.4 Å². The SMILES string of the molecule is Nc1cccc2c1CN(CC1CCC(=O)NC1=O)C2=O. The Hall–Kier alpha value is -2.37. The lowest BCUT2D eigenvalue weighted by molar-refractivity contribution is -0.136. The molecule has 3 amide bonds. The molecule has 1 aromatic carbocycles. The number of hydrogen-bond donors (Lipinski definition) is 2. The smallest absolute Gasteiger partial charge is 0.254 e. The second kappa shape index (κ2) is 4.63. The Morgan fingerprint density at radius 3 is 2.80 bits per heavy atom. The van der Waals surface area contributed by atoms with E-state index in [0.717, 1.165) is 5.56 Å². The first-order chi connectivity index (χ1) is 9.56. The van der Waals surface area contributed by atoms with Gasteiger partial charge in [-0.25, -0.2) is 0 Å². The van der Waals surface area contributed by atoms with Crippen molar-refractivity contribution in [3.05, 3.63) is 29.3 Å². The molecule has 3 rings (SSSR count). The van der Waals surface area contributed by atoms with Crippen LogP contribution < -0.4 is 11.1 Å². The van der Waals surface area contributed by atoms with E-state index in [1.54, 1.807) is 23.1 Å². The van der Waals surface area contributed by atoms with Crippen LogP contribution in [-0.4, -0.2) is 29.2 Å². The minimum absolute atomic E-state index is 0.1000.